The number of carbonyl (C=O) groups is 1. The molecule has 0 radical (unpaired) electrons. The topological polar surface area (TPSA) is 73.6 Å². The Hall–Kier alpha value is -3.51. The Balaban J connectivity index is 1.67. The maximum absolute atomic E-state index is 12.0. The van der Waals surface area contributed by atoms with Gasteiger partial charge >= 0.3 is 5.97 Å². The molecule has 2 aromatic heterocycles. The summed E-state index contributed by atoms with van der Waals surface area (Å²) < 4.78 is 13.3. The molecule has 1 N–H and O–H groups in total. The summed E-state index contributed by atoms with van der Waals surface area (Å²) in [5.41, 5.74) is 2.53. The summed E-state index contributed by atoms with van der Waals surface area (Å²) in [6.07, 6.45) is 1.74. The molecule has 32 heavy (non-hydrogen) atoms. The van der Waals surface area contributed by atoms with E-state index in [0.29, 0.717) is 29.6 Å². The normalized spacial score (nSPS) is 11.1. The molecule has 0 saturated carbocycles. The fraction of sp³-hybridized carbons (Fsp3) is 0.200. The fourth-order valence-corrected chi connectivity index (χ4v) is 3.73. The number of benzene rings is 2. The second-order valence-corrected chi connectivity index (χ2v) is 8.01. The average molecular weight is 451 g/mol. The third-order valence-corrected chi connectivity index (χ3v) is 5.18. The molecule has 0 fully saturated rings. The van der Waals surface area contributed by atoms with Gasteiger partial charge in [0.2, 0.25) is 0 Å². The van der Waals surface area contributed by atoms with Gasteiger partial charge in [0.1, 0.15) is 23.8 Å². The van der Waals surface area contributed by atoms with Gasteiger partial charge in [-0.15, -0.1) is 0 Å². The fourth-order valence-electron chi connectivity index (χ4n) is 3.61. The lowest BCUT2D eigenvalue weighted by molar-refractivity contribution is 0.0684. The van der Waals surface area contributed by atoms with E-state index < -0.39 is 5.97 Å². The minimum atomic E-state index is -1.00. The van der Waals surface area contributed by atoms with E-state index in [1.807, 2.05) is 44.2 Å². The van der Waals surface area contributed by atoms with Gasteiger partial charge in [-0.3, -0.25) is 4.98 Å². The Morgan fingerprint density at radius 2 is 1.88 bits per heavy atom. The van der Waals surface area contributed by atoms with Crippen molar-refractivity contribution >= 4 is 28.5 Å². The van der Waals surface area contributed by atoms with Crippen molar-refractivity contribution in [2.75, 3.05) is 6.61 Å². The number of ether oxygens (including phenoxy) is 2. The van der Waals surface area contributed by atoms with E-state index in [-0.39, 0.29) is 11.8 Å². The highest BCUT2D eigenvalue weighted by atomic mass is 35.5. The van der Waals surface area contributed by atoms with E-state index >= 15 is 0 Å². The van der Waals surface area contributed by atoms with E-state index in [9.17, 15) is 9.90 Å². The molecule has 164 valence electrons. The van der Waals surface area contributed by atoms with Crippen molar-refractivity contribution in [3.8, 4) is 22.8 Å². The van der Waals surface area contributed by atoms with Gasteiger partial charge in [-0.25, -0.2) is 4.79 Å². The van der Waals surface area contributed by atoms with Crippen molar-refractivity contribution in [3.05, 3.63) is 77.6 Å². The van der Waals surface area contributed by atoms with Crippen LogP contribution in [0.2, 0.25) is 5.02 Å². The van der Waals surface area contributed by atoms with Crippen LogP contribution in [-0.4, -0.2) is 33.3 Å². The van der Waals surface area contributed by atoms with Gasteiger partial charge in [0.05, 0.1) is 23.9 Å². The third kappa shape index (κ3) is 4.70. The van der Waals surface area contributed by atoms with Crippen LogP contribution < -0.4 is 9.47 Å². The minimum Gasteiger partial charge on any atom is -0.492 e. The number of rotatable bonds is 8. The number of carboxylic acid groups (broad SMARTS) is 1. The number of carboxylic acids is 1. The molecule has 0 unspecified atom stereocenters. The molecule has 6 nitrogen and oxygen atoms in total. The summed E-state index contributed by atoms with van der Waals surface area (Å²) in [5, 5.41) is 11.2. The average Bonchev–Trinajstić information content (AvgIpc) is 3.14. The lowest BCUT2D eigenvalue weighted by atomic mass is 10.1. The van der Waals surface area contributed by atoms with Gasteiger partial charge in [-0.2, -0.15) is 0 Å². The smallest absolute Gasteiger partial charge is 0.352 e. The molecule has 0 atom stereocenters. The molecular formula is C25H23ClN2O4. The predicted octanol–water partition coefficient (Wildman–Crippen LogP) is 5.92. The number of nitrogens with zero attached hydrogens (tertiary/aromatic N) is 2. The van der Waals surface area contributed by atoms with Crippen LogP contribution in [0.25, 0.3) is 22.2 Å². The first-order chi connectivity index (χ1) is 15.4. The predicted molar refractivity (Wildman–Crippen MR) is 125 cm³/mol. The summed E-state index contributed by atoms with van der Waals surface area (Å²) in [7, 11) is 0. The van der Waals surface area contributed by atoms with E-state index in [4.69, 9.17) is 21.1 Å². The second-order valence-electron chi connectivity index (χ2n) is 7.58. The number of halogens is 1. The molecule has 0 aliphatic heterocycles. The van der Waals surface area contributed by atoms with Crippen LogP contribution in [0.3, 0.4) is 0 Å². The highest BCUT2D eigenvalue weighted by molar-refractivity contribution is 6.30. The largest absolute Gasteiger partial charge is 0.492 e. The lowest BCUT2D eigenvalue weighted by Crippen LogP contribution is -2.13. The Labute approximate surface area is 191 Å². The SMILES string of the molecule is CC(C)Oc1cccc(-c2nccc3c2cc(C(=O)O)n3CCOc2ccc(Cl)cc2)c1. The number of aromatic nitrogens is 2. The summed E-state index contributed by atoms with van der Waals surface area (Å²) in [6.45, 7) is 4.61. The highest BCUT2D eigenvalue weighted by Crippen LogP contribution is 2.31. The Morgan fingerprint density at radius 1 is 1.09 bits per heavy atom. The van der Waals surface area contributed by atoms with Crippen molar-refractivity contribution in [2.45, 2.75) is 26.5 Å². The lowest BCUT2D eigenvalue weighted by Gasteiger charge is -2.12. The van der Waals surface area contributed by atoms with Crippen LogP contribution in [0.5, 0.6) is 11.5 Å². The van der Waals surface area contributed by atoms with Gasteiger partial charge in [0, 0.05) is 22.2 Å². The summed E-state index contributed by atoms with van der Waals surface area (Å²) in [5.74, 6) is 0.410. The zero-order valence-electron chi connectivity index (χ0n) is 17.8. The quantitative estimate of drug-likeness (QED) is 0.360. The van der Waals surface area contributed by atoms with Gasteiger partial charge in [0.25, 0.3) is 0 Å². The standard InChI is InChI=1S/C25H23ClN2O4/c1-16(2)32-20-5-3-4-17(14-20)24-21-15-23(25(29)30)28(22(21)10-11-27-24)12-13-31-19-8-6-18(26)7-9-19/h3-11,14-16H,12-13H2,1-2H3,(H,29,30). The van der Waals surface area contributed by atoms with E-state index in [1.54, 1.807) is 41.1 Å². The van der Waals surface area contributed by atoms with Crippen LogP contribution in [0.15, 0.2) is 66.9 Å². The number of fused-ring (bicyclic) bond motifs is 1. The molecule has 0 aliphatic carbocycles. The van der Waals surface area contributed by atoms with Crippen molar-refractivity contribution in [1.29, 1.82) is 0 Å². The summed E-state index contributed by atoms with van der Waals surface area (Å²) in [4.78, 5) is 16.5. The van der Waals surface area contributed by atoms with Crippen LogP contribution in [0.4, 0.5) is 0 Å². The highest BCUT2D eigenvalue weighted by Gasteiger charge is 2.18. The molecule has 0 bridgehead atoms. The Kier molecular flexibility index (Phi) is 6.32. The second kappa shape index (κ2) is 9.32. The van der Waals surface area contributed by atoms with Crippen molar-refractivity contribution in [3.63, 3.8) is 0 Å². The zero-order valence-corrected chi connectivity index (χ0v) is 18.5. The van der Waals surface area contributed by atoms with E-state index in [2.05, 4.69) is 4.98 Å². The molecule has 0 aliphatic rings. The molecular weight excluding hydrogens is 428 g/mol. The van der Waals surface area contributed by atoms with Gasteiger partial charge in [0.15, 0.2) is 0 Å². The van der Waals surface area contributed by atoms with Crippen LogP contribution in [-0.2, 0) is 6.54 Å². The molecule has 7 heteroatoms. The Bertz CT molecular complexity index is 1250. The molecule has 0 spiro atoms. The monoisotopic (exact) mass is 450 g/mol. The van der Waals surface area contributed by atoms with Crippen molar-refractivity contribution in [2.24, 2.45) is 0 Å². The van der Waals surface area contributed by atoms with E-state index in [0.717, 1.165) is 22.2 Å². The minimum absolute atomic E-state index is 0.0503. The molecule has 0 amide bonds. The maximum Gasteiger partial charge on any atom is 0.352 e. The Morgan fingerprint density at radius 3 is 2.59 bits per heavy atom. The van der Waals surface area contributed by atoms with Gasteiger partial charge in [-0.1, -0.05) is 23.7 Å². The van der Waals surface area contributed by atoms with Crippen LogP contribution >= 0.6 is 11.6 Å². The zero-order chi connectivity index (χ0) is 22.7. The van der Waals surface area contributed by atoms with Crippen molar-refractivity contribution < 1.29 is 19.4 Å². The third-order valence-electron chi connectivity index (χ3n) is 4.93. The van der Waals surface area contributed by atoms with Gasteiger partial charge in [-0.05, 0) is 62.4 Å². The van der Waals surface area contributed by atoms with E-state index in [1.165, 1.54) is 0 Å². The summed E-state index contributed by atoms with van der Waals surface area (Å²) >= 11 is 5.91. The summed E-state index contributed by atoms with van der Waals surface area (Å²) in [6, 6.07) is 18.2. The first kappa shape index (κ1) is 21.7. The first-order valence-electron chi connectivity index (χ1n) is 10.3. The number of hydrogen-bond acceptors (Lipinski definition) is 4. The maximum atomic E-state index is 12.0. The molecule has 4 aromatic rings. The first-order valence-corrected chi connectivity index (χ1v) is 10.7. The molecule has 2 heterocycles. The molecule has 4 rings (SSSR count). The number of pyridine rings is 1. The van der Waals surface area contributed by atoms with Crippen LogP contribution in [0, 0.1) is 0 Å². The number of aromatic carboxylic acids is 1. The van der Waals surface area contributed by atoms with Crippen molar-refractivity contribution in [1.82, 2.24) is 9.55 Å². The van der Waals surface area contributed by atoms with Gasteiger partial charge < -0.3 is 19.1 Å². The number of hydrogen-bond donors (Lipinski definition) is 1. The molecule has 0 saturated heterocycles. The molecule has 2 aromatic carbocycles. The van der Waals surface area contributed by atoms with Crippen LogP contribution in [0.1, 0.15) is 24.3 Å².